The maximum Gasteiger partial charge on any atom is 0.274 e. The molecule has 2 aromatic heterocycles. The molecule has 22 heavy (non-hydrogen) atoms. The largest absolute Gasteiger partial charge is 0.294 e. The van der Waals surface area contributed by atoms with Gasteiger partial charge in [0.1, 0.15) is 4.83 Å². The highest BCUT2D eigenvalue weighted by atomic mass is 32.1. The van der Waals surface area contributed by atoms with Gasteiger partial charge in [-0.3, -0.25) is 19.5 Å². The Bertz CT molecular complexity index is 914. The van der Waals surface area contributed by atoms with Crippen LogP contribution in [-0.2, 0) is 13.0 Å². The van der Waals surface area contributed by atoms with Crippen LogP contribution >= 0.6 is 11.3 Å². The van der Waals surface area contributed by atoms with Gasteiger partial charge < -0.3 is 0 Å². The van der Waals surface area contributed by atoms with Crippen LogP contribution in [0, 0.1) is 10.1 Å². The first-order valence-corrected chi connectivity index (χ1v) is 7.62. The number of fused-ring (bicyclic) bond motifs is 1. The second-order valence-electron chi connectivity index (χ2n) is 4.85. The van der Waals surface area contributed by atoms with Crippen LogP contribution < -0.4 is 5.56 Å². The molecule has 0 saturated heterocycles. The van der Waals surface area contributed by atoms with Gasteiger partial charge in [-0.2, -0.15) is 0 Å². The van der Waals surface area contributed by atoms with Gasteiger partial charge >= 0.3 is 0 Å². The molecular weight excluding hydrogens is 302 g/mol. The Morgan fingerprint density at radius 1 is 1.36 bits per heavy atom. The smallest absolute Gasteiger partial charge is 0.274 e. The first kappa shape index (κ1) is 14.4. The van der Waals surface area contributed by atoms with E-state index in [9.17, 15) is 14.9 Å². The molecule has 0 aliphatic heterocycles. The molecule has 2 heterocycles. The molecule has 0 atom stereocenters. The molecule has 0 fully saturated rings. The summed E-state index contributed by atoms with van der Waals surface area (Å²) in [6, 6.07) is 8.27. The van der Waals surface area contributed by atoms with Crippen molar-refractivity contribution in [2.24, 2.45) is 0 Å². The van der Waals surface area contributed by atoms with Crippen LogP contribution in [0.2, 0.25) is 0 Å². The molecule has 112 valence electrons. The second-order valence-corrected chi connectivity index (χ2v) is 5.96. The van der Waals surface area contributed by atoms with E-state index in [-0.39, 0.29) is 17.8 Å². The summed E-state index contributed by atoms with van der Waals surface area (Å²) in [5.41, 5.74) is 0.329. The standard InChI is InChI=1S/C15H13N3O3S/c1-2-11-7-12-14(22-11)16-9-17(15(12)19)8-10-5-3-4-6-13(10)18(20)21/h3-7,9H,2,8H2,1H3. The molecule has 0 aliphatic carbocycles. The molecule has 7 heteroatoms. The lowest BCUT2D eigenvalue weighted by Gasteiger charge is -2.05. The van der Waals surface area contributed by atoms with Crippen LogP contribution in [0.3, 0.4) is 0 Å². The van der Waals surface area contributed by atoms with E-state index in [0.717, 1.165) is 11.3 Å². The van der Waals surface area contributed by atoms with E-state index in [1.54, 1.807) is 18.2 Å². The number of para-hydroxylation sites is 1. The first-order chi connectivity index (χ1) is 10.6. The zero-order chi connectivity index (χ0) is 15.7. The molecule has 0 aliphatic rings. The van der Waals surface area contributed by atoms with Crippen molar-refractivity contribution in [1.29, 1.82) is 0 Å². The zero-order valence-electron chi connectivity index (χ0n) is 11.9. The fourth-order valence-electron chi connectivity index (χ4n) is 2.30. The fraction of sp³-hybridized carbons (Fsp3) is 0.200. The van der Waals surface area contributed by atoms with Crippen LogP contribution in [0.15, 0.2) is 41.5 Å². The predicted octanol–water partition coefficient (Wildman–Crippen LogP) is 2.98. The molecule has 3 aromatic rings. The Balaban J connectivity index is 2.07. The number of aromatic nitrogens is 2. The number of thiophene rings is 1. The fourth-order valence-corrected chi connectivity index (χ4v) is 3.23. The normalized spacial score (nSPS) is 11.0. The van der Waals surface area contributed by atoms with Gasteiger partial charge in [0.2, 0.25) is 0 Å². The van der Waals surface area contributed by atoms with Crippen molar-refractivity contribution in [3.05, 3.63) is 67.6 Å². The van der Waals surface area contributed by atoms with Gasteiger partial charge in [0.05, 0.1) is 23.2 Å². The van der Waals surface area contributed by atoms with Gasteiger partial charge in [0, 0.05) is 16.5 Å². The summed E-state index contributed by atoms with van der Waals surface area (Å²) in [5, 5.41) is 11.6. The van der Waals surface area contributed by atoms with Crippen molar-refractivity contribution in [3.8, 4) is 0 Å². The summed E-state index contributed by atoms with van der Waals surface area (Å²) >= 11 is 1.50. The molecule has 1 aromatic carbocycles. The summed E-state index contributed by atoms with van der Waals surface area (Å²) in [6.07, 6.45) is 2.31. The van der Waals surface area contributed by atoms with E-state index in [0.29, 0.717) is 15.8 Å². The monoisotopic (exact) mass is 315 g/mol. The average molecular weight is 315 g/mol. The molecule has 0 saturated carbocycles. The van der Waals surface area contributed by atoms with E-state index < -0.39 is 4.92 Å². The summed E-state index contributed by atoms with van der Waals surface area (Å²) < 4.78 is 1.41. The van der Waals surface area contributed by atoms with Gasteiger partial charge in [-0.05, 0) is 12.5 Å². The summed E-state index contributed by atoms with van der Waals surface area (Å²) in [6.45, 7) is 2.16. The summed E-state index contributed by atoms with van der Waals surface area (Å²) in [4.78, 5) is 29.2. The molecule has 3 rings (SSSR count). The van der Waals surface area contributed by atoms with E-state index in [2.05, 4.69) is 4.98 Å². The molecular formula is C15H13N3O3S. The van der Waals surface area contributed by atoms with Gasteiger partial charge in [-0.25, -0.2) is 4.98 Å². The van der Waals surface area contributed by atoms with Crippen LogP contribution in [-0.4, -0.2) is 14.5 Å². The van der Waals surface area contributed by atoms with Crippen LogP contribution in [0.5, 0.6) is 0 Å². The van der Waals surface area contributed by atoms with E-state index in [4.69, 9.17) is 0 Å². The molecule has 0 amide bonds. The minimum absolute atomic E-state index is 0.00839. The minimum Gasteiger partial charge on any atom is -0.294 e. The van der Waals surface area contributed by atoms with E-state index >= 15 is 0 Å². The number of hydrogen-bond acceptors (Lipinski definition) is 5. The number of benzene rings is 1. The number of nitro benzene ring substituents is 1. The van der Waals surface area contributed by atoms with Crippen molar-refractivity contribution in [2.45, 2.75) is 19.9 Å². The van der Waals surface area contributed by atoms with E-state index in [1.165, 1.54) is 28.3 Å². The van der Waals surface area contributed by atoms with Crippen molar-refractivity contribution in [3.63, 3.8) is 0 Å². The average Bonchev–Trinajstić information content (AvgIpc) is 2.94. The van der Waals surface area contributed by atoms with Crippen LogP contribution in [0.1, 0.15) is 17.4 Å². The van der Waals surface area contributed by atoms with Crippen LogP contribution in [0.25, 0.3) is 10.2 Å². The Kier molecular flexibility index (Phi) is 3.72. The van der Waals surface area contributed by atoms with Crippen molar-refractivity contribution in [1.82, 2.24) is 9.55 Å². The number of nitrogens with zero attached hydrogens (tertiary/aromatic N) is 3. The van der Waals surface area contributed by atoms with Crippen LogP contribution in [0.4, 0.5) is 5.69 Å². The summed E-state index contributed by atoms with van der Waals surface area (Å²) in [5.74, 6) is 0. The predicted molar refractivity (Wildman–Crippen MR) is 85.5 cm³/mol. The number of nitro groups is 1. The highest BCUT2D eigenvalue weighted by Crippen LogP contribution is 2.22. The lowest BCUT2D eigenvalue weighted by atomic mass is 10.2. The Morgan fingerprint density at radius 3 is 2.86 bits per heavy atom. The third-order valence-corrected chi connectivity index (χ3v) is 4.63. The lowest BCUT2D eigenvalue weighted by Crippen LogP contribution is -2.20. The third kappa shape index (κ3) is 2.50. The highest BCUT2D eigenvalue weighted by molar-refractivity contribution is 7.18. The molecule has 0 bridgehead atoms. The quantitative estimate of drug-likeness (QED) is 0.548. The summed E-state index contributed by atoms with van der Waals surface area (Å²) in [7, 11) is 0. The second kappa shape index (κ2) is 5.69. The molecule has 6 nitrogen and oxygen atoms in total. The number of rotatable bonds is 4. The number of aryl methyl sites for hydroxylation is 1. The van der Waals surface area contributed by atoms with Gasteiger partial charge in [0.25, 0.3) is 11.2 Å². The molecule has 0 radical (unpaired) electrons. The third-order valence-electron chi connectivity index (χ3n) is 3.45. The maximum absolute atomic E-state index is 12.5. The number of hydrogen-bond donors (Lipinski definition) is 0. The minimum atomic E-state index is -0.438. The van der Waals surface area contributed by atoms with Gasteiger partial charge in [-0.1, -0.05) is 25.1 Å². The Labute approximate surface area is 129 Å². The highest BCUT2D eigenvalue weighted by Gasteiger charge is 2.14. The van der Waals surface area contributed by atoms with Gasteiger partial charge in [0.15, 0.2) is 0 Å². The molecule has 0 N–H and O–H groups in total. The first-order valence-electron chi connectivity index (χ1n) is 6.80. The Morgan fingerprint density at radius 2 is 2.14 bits per heavy atom. The zero-order valence-corrected chi connectivity index (χ0v) is 12.7. The SMILES string of the molecule is CCc1cc2c(=O)n(Cc3ccccc3[N+](=O)[O-])cnc2s1. The molecule has 0 unspecified atom stereocenters. The maximum atomic E-state index is 12.5. The topological polar surface area (TPSA) is 78.0 Å². The van der Waals surface area contributed by atoms with Gasteiger partial charge in [-0.15, -0.1) is 11.3 Å². The van der Waals surface area contributed by atoms with Crippen molar-refractivity contribution >= 4 is 27.2 Å². The van der Waals surface area contributed by atoms with Crippen molar-refractivity contribution < 1.29 is 4.92 Å². The molecule has 0 spiro atoms. The lowest BCUT2D eigenvalue weighted by molar-refractivity contribution is -0.385. The van der Waals surface area contributed by atoms with E-state index in [1.807, 2.05) is 13.0 Å². The Hall–Kier alpha value is -2.54. The van der Waals surface area contributed by atoms with Crippen molar-refractivity contribution in [2.75, 3.05) is 0 Å².